The summed E-state index contributed by atoms with van der Waals surface area (Å²) in [5.74, 6) is 1.26. The molecular weight excluding hydrogens is 383 g/mol. The predicted octanol–water partition coefficient (Wildman–Crippen LogP) is 4.45. The molecule has 0 saturated carbocycles. The topological polar surface area (TPSA) is 72.5 Å². The molecule has 0 saturated heterocycles. The van der Waals surface area contributed by atoms with Crippen molar-refractivity contribution in [3.8, 4) is 11.5 Å². The highest BCUT2D eigenvalue weighted by Gasteiger charge is 2.34. The Bertz CT molecular complexity index is 823. The number of nitrogens with one attached hydrogen (secondary N) is 2. The lowest BCUT2D eigenvalue weighted by Gasteiger charge is -2.25. The Balaban J connectivity index is 1.71. The van der Waals surface area contributed by atoms with E-state index in [-0.39, 0.29) is 17.1 Å². The van der Waals surface area contributed by atoms with Gasteiger partial charge in [0.15, 0.2) is 22.3 Å². The van der Waals surface area contributed by atoms with E-state index in [1.54, 1.807) is 12.1 Å². The van der Waals surface area contributed by atoms with Gasteiger partial charge >= 0.3 is 12.2 Å². The summed E-state index contributed by atoms with van der Waals surface area (Å²) >= 11 is 0.715. The fourth-order valence-corrected chi connectivity index (χ4v) is 3.34. The fraction of sp³-hybridized carbons (Fsp3) is 0.412. The molecule has 0 fully saturated rings. The number of hydrogen-bond donors (Lipinski definition) is 2. The van der Waals surface area contributed by atoms with Crippen molar-refractivity contribution >= 4 is 22.5 Å². The third kappa shape index (κ3) is 4.62. The minimum atomic E-state index is -4.54. The average Bonchev–Trinajstić information content (AvgIpc) is 3.08. The van der Waals surface area contributed by atoms with E-state index >= 15 is 0 Å². The zero-order valence-corrected chi connectivity index (χ0v) is 15.4. The molecule has 0 aliphatic carbocycles. The molecule has 3 rings (SSSR count). The van der Waals surface area contributed by atoms with E-state index in [1.165, 1.54) is 0 Å². The van der Waals surface area contributed by atoms with Crippen molar-refractivity contribution in [3.63, 3.8) is 0 Å². The lowest BCUT2D eigenvalue weighted by molar-refractivity contribution is -0.140. The van der Waals surface area contributed by atoms with E-state index in [4.69, 9.17) is 9.47 Å². The second-order valence-corrected chi connectivity index (χ2v) is 7.12. The Morgan fingerprint density at radius 2 is 1.93 bits per heavy atom. The van der Waals surface area contributed by atoms with Crippen molar-refractivity contribution in [2.75, 3.05) is 18.5 Å². The highest BCUT2D eigenvalue weighted by Crippen LogP contribution is 2.35. The maximum absolute atomic E-state index is 12.6. The Kier molecular flexibility index (Phi) is 5.45. The molecule has 6 nitrogen and oxygen atoms in total. The van der Waals surface area contributed by atoms with Crippen molar-refractivity contribution in [2.24, 2.45) is 5.92 Å². The number of aromatic nitrogens is 1. The van der Waals surface area contributed by atoms with Crippen molar-refractivity contribution in [1.29, 1.82) is 0 Å². The first-order valence-corrected chi connectivity index (χ1v) is 9.12. The summed E-state index contributed by atoms with van der Waals surface area (Å²) in [4.78, 5) is 15.6. The first kappa shape index (κ1) is 19.3. The van der Waals surface area contributed by atoms with E-state index in [1.807, 2.05) is 19.9 Å². The first-order chi connectivity index (χ1) is 12.7. The number of thiazole rings is 1. The summed E-state index contributed by atoms with van der Waals surface area (Å²) in [5.41, 5.74) is -0.227. The van der Waals surface area contributed by atoms with Crippen LogP contribution >= 0.6 is 11.3 Å². The maximum atomic E-state index is 12.6. The van der Waals surface area contributed by atoms with Gasteiger partial charge in [0.2, 0.25) is 0 Å². The number of nitrogens with zero attached hydrogens (tertiary/aromatic N) is 1. The van der Waals surface area contributed by atoms with Crippen molar-refractivity contribution < 1.29 is 27.4 Å². The number of halogens is 3. The number of urea groups is 1. The van der Waals surface area contributed by atoms with Gasteiger partial charge in [0.25, 0.3) is 0 Å². The average molecular weight is 401 g/mol. The van der Waals surface area contributed by atoms with Crippen LogP contribution in [0, 0.1) is 5.92 Å². The third-order valence-electron chi connectivity index (χ3n) is 3.89. The summed E-state index contributed by atoms with van der Waals surface area (Å²) in [6, 6.07) is 4.39. The van der Waals surface area contributed by atoms with Gasteiger partial charge in [0.05, 0.1) is 6.04 Å². The molecule has 27 heavy (non-hydrogen) atoms. The van der Waals surface area contributed by atoms with Crippen LogP contribution < -0.4 is 20.1 Å². The summed E-state index contributed by atoms with van der Waals surface area (Å²) in [5, 5.41) is 5.86. The van der Waals surface area contributed by atoms with Crippen LogP contribution in [0.3, 0.4) is 0 Å². The number of carbonyl (C=O) groups is 1. The minimum Gasteiger partial charge on any atom is -0.486 e. The van der Waals surface area contributed by atoms with E-state index in [0.29, 0.717) is 36.0 Å². The minimum absolute atomic E-state index is 0.0281. The van der Waals surface area contributed by atoms with Crippen LogP contribution in [-0.2, 0) is 6.18 Å². The molecule has 1 aromatic carbocycles. The standard InChI is InChI=1S/C17H18F3N3O3S/c1-9(2)14(10-3-4-11-12(7-10)26-6-5-25-11)22-15(24)23-16-21-13(8-27-16)17(18,19)20/h3-4,7-9,14H,5-6H2,1-2H3,(H2,21,22,23,24). The van der Waals surface area contributed by atoms with Crippen molar-refractivity contribution in [1.82, 2.24) is 10.3 Å². The van der Waals surface area contributed by atoms with Crippen LogP contribution in [0.15, 0.2) is 23.6 Å². The quantitative estimate of drug-likeness (QED) is 0.794. The van der Waals surface area contributed by atoms with E-state index in [9.17, 15) is 18.0 Å². The molecule has 146 valence electrons. The SMILES string of the molecule is CC(C)C(NC(=O)Nc1nc(C(F)(F)F)cs1)c1ccc2c(c1)OCCO2. The molecule has 2 N–H and O–H groups in total. The largest absolute Gasteiger partial charge is 0.486 e. The number of benzene rings is 1. The van der Waals surface area contributed by atoms with Gasteiger partial charge in [0.1, 0.15) is 13.2 Å². The first-order valence-electron chi connectivity index (χ1n) is 8.24. The number of hydrogen-bond acceptors (Lipinski definition) is 5. The zero-order valence-electron chi connectivity index (χ0n) is 14.6. The smallest absolute Gasteiger partial charge is 0.434 e. The Labute approximate surface area is 157 Å². The van der Waals surface area contributed by atoms with Crippen LogP contribution in [0.2, 0.25) is 0 Å². The molecule has 1 aliphatic rings. The Morgan fingerprint density at radius 1 is 1.22 bits per heavy atom. The van der Waals surface area contributed by atoms with Crippen LogP contribution in [0.4, 0.5) is 23.1 Å². The van der Waals surface area contributed by atoms with Crippen LogP contribution in [0.25, 0.3) is 0 Å². The maximum Gasteiger partial charge on any atom is 0.434 e. The van der Waals surface area contributed by atoms with Crippen molar-refractivity contribution in [2.45, 2.75) is 26.1 Å². The number of rotatable bonds is 4. The van der Waals surface area contributed by atoms with Gasteiger partial charge in [-0.3, -0.25) is 5.32 Å². The van der Waals surface area contributed by atoms with E-state index < -0.39 is 17.9 Å². The molecule has 2 heterocycles. The van der Waals surface area contributed by atoms with Crippen LogP contribution in [0.5, 0.6) is 11.5 Å². The number of alkyl halides is 3. The molecule has 1 unspecified atom stereocenters. The number of carbonyl (C=O) groups excluding carboxylic acids is 1. The molecule has 0 spiro atoms. The summed E-state index contributed by atoms with van der Waals surface area (Å²) in [6.45, 7) is 4.77. The number of fused-ring (bicyclic) bond motifs is 1. The van der Waals surface area contributed by atoms with Crippen LogP contribution in [-0.4, -0.2) is 24.2 Å². The molecule has 0 radical (unpaired) electrons. The summed E-state index contributed by atoms with van der Waals surface area (Å²) in [6.07, 6.45) is -4.54. The lowest BCUT2D eigenvalue weighted by atomic mass is 9.95. The molecule has 2 aromatic rings. The van der Waals surface area contributed by atoms with E-state index in [0.717, 1.165) is 10.9 Å². The monoisotopic (exact) mass is 401 g/mol. The molecule has 10 heteroatoms. The second-order valence-electron chi connectivity index (χ2n) is 6.26. The normalized spacial score (nSPS) is 14.7. The molecule has 0 bridgehead atoms. The van der Waals surface area contributed by atoms with Crippen LogP contribution in [0.1, 0.15) is 31.1 Å². The number of ether oxygens (including phenoxy) is 2. The van der Waals surface area contributed by atoms with E-state index in [2.05, 4.69) is 15.6 Å². The van der Waals surface area contributed by atoms with Gasteiger partial charge in [-0.15, -0.1) is 11.3 Å². The lowest BCUT2D eigenvalue weighted by Crippen LogP contribution is -2.35. The fourth-order valence-electron chi connectivity index (χ4n) is 2.62. The van der Waals surface area contributed by atoms with Gasteiger partial charge in [-0.05, 0) is 23.6 Å². The Morgan fingerprint density at radius 3 is 2.56 bits per heavy atom. The van der Waals surface area contributed by atoms with Gasteiger partial charge < -0.3 is 14.8 Å². The zero-order chi connectivity index (χ0) is 19.6. The predicted molar refractivity (Wildman–Crippen MR) is 94.3 cm³/mol. The third-order valence-corrected chi connectivity index (χ3v) is 4.65. The molecule has 1 atom stereocenters. The Hall–Kier alpha value is -2.49. The molecule has 1 aliphatic heterocycles. The number of amides is 2. The van der Waals surface area contributed by atoms with Crippen molar-refractivity contribution in [3.05, 3.63) is 34.8 Å². The molecule has 2 amide bonds. The molecular formula is C17H18F3N3O3S. The highest BCUT2D eigenvalue weighted by molar-refractivity contribution is 7.13. The molecule has 1 aromatic heterocycles. The summed E-state index contributed by atoms with van der Waals surface area (Å²) in [7, 11) is 0. The van der Waals surface area contributed by atoms with Gasteiger partial charge in [0, 0.05) is 5.38 Å². The van der Waals surface area contributed by atoms with Gasteiger partial charge in [-0.25, -0.2) is 9.78 Å². The number of anilines is 1. The summed E-state index contributed by atoms with van der Waals surface area (Å²) < 4.78 is 48.9. The van der Waals surface area contributed by atoms with Gasteiger partial charge in [-0.2, -0.15) is 13.2 Å². The van der Waals surface area contributed by atoms with Gasteiger partial charge in [-0.1, -0.05) is 19.9 Å². The highest BCUT2D eigenvalue weighted by atomic mass is 32.1. The second kappa shape index (κ2) is 7.63.